The zero-order valence-corrected chi connectivity index (χ0v) is 18.4. The largest absolute Gasteiger partial charge is 0.507 e. The summed E-state index contributed by atoms with van der Waals surface area (Å²) in [5, 5.41) is 12.1. The molecule has 3 heterocycles. The van der Waals surface area contributed by atoms with Crippen LogP contribution >= 0.6 is 27.3 Å². The number of rotatable bonds is 1. The lowest BCUT2D eigenvalue weighted by Gasteiger charge is -2.25. The lowest BCUT2D eigenvalue weighted by molar-refractivity contribution is 0.512. The van der Waals surface area contributed by atoms with Gasteiger partial charge in [0.15, 0.2) is 0 Å². The maximum absolute atomic E-state index is 13.1. The fourth-order valence-corrected chi connectivity index (χ4v) is 6.27. The van der Waals surface area contributed by atoms with E-state index < -0.39 is 0 Å². The van der Waals surface area contributed by atoms with Crippen molar-refractivity contribution in [2.45, 2.75) is 25.8 Å². The van der Waals surface area contributed by atoms with Crippen molar-refractivity contribution in [3.05, 3.63) is 96.3 Å². The van der Waals surface area contributed by atoms with Crippen LogP contribution in [0.15, 0.2) is 57.8 Å². The highest BCUT2D eigenvalue weighted by Gasteiger charge is 2.30. The molecule has 1 aliphatic carbocycles. The molecule has 0 unspecified atom stereocenters. The molecule has 2 aromatic heterocycles. The Kier molecular flexibility index (Phi) is 4.01. The molecular formula is C24H17BrN2O2S. The Morgan fingerprint density at radius 2 is 1.90 bits per heavy atom. The van der Waals surface area contributed by atoms with Crippen LogP contribution in [0.25, 0.3) is 21.5 Å². The molecule has 0 amide bonds. The minimum absolute atomic E-state index is 0.138. The molecule has 0 atom stereocenters. The van der Waals surface area contributed by atoms with Gasteiger partial charge in [-0.2, -0.15) is 4.98 Å². The van der Waals surface area contributed by atoms with Gasteiger partial charge >= 0.3 is 0 Å². The highest BCUT2D eigenvalue weighted by molar-refractivity contribution is 9.10. The molecule has 30 heavy (non-hydrogen) atoms. The standard InChI is InChI=1S/C24H17BrN2O2S/c25-15-10-8-13(9-11-15)21(28)19-16-5-2-1-4-14(16)12-27-22(19)26-23(29)20-17-6-3-7-18(17)30-24(20)27/h1-2,4-5,8-11,28H,3,6-7,12H2/b21-19+. The third-order valence-electron chi connectivity index (χ3n) is 6.02. The summed E-state index contributed by atoms with van der Waals surface area (Å²) in [5.41, 5.74) is 4.35. The van der Waals surface area contributed by atoms with E-state index in [2.05, 4.69) is 31.5 Å². The summed E-state index contributed by atoms with van der Waals surface area (Å²) >= 11 is 5.16. The first-order valence-corrected chi connectivity index (χ1v) is 11.6. The molecule has 1 N–H and O–H groups in total. The number of aliphatic hydroxyl groups excluding tert-OH is 1. The lowest BCUT2D eigenvalue weighted by atomic mass is 9.92. The van der Waals surface area contributed by atoms with E-state index in [1.165, 1.54) is 10.4 Å². The predicted molar refractivity (Wildman–Crippen MR) is 124 cm³/mol. The van der Waals surface area contributed by atoms with Gasteiger partial charge in [-0.15, -0.1) is 11.3 Å². The molecule has 0 saturated heterocycles. The van der Waals surface area contributed by atoms with Crippen molar-refractivity contribution in [2.24, 2.45) is 0 Å². The number of aliphatic hydroxyl groups is 1. The van der Waals surface area contributed by atoms with Gasteiger partial charge in [0.25, 0.3) is 5.56 Å². The molecule has 0 bridgehead atoms. The smallest absolute Gasteiger partial charge is 0.282 e. The molecule has 0 saturated carbocycles. The molecule has 6 rings (SSSR count). The highest BCUT2D eigenvalue weighted by atomic mass is 79.9. The van der Waals surface area contributed by atoms with Crippen molar-refractivity contribution in [1.82, 2.24) is 9.55 Å². The number of aromatic nitrogens is 2. The molecule has 2 aliphatic rings. The fraction of sp³-hybridized carbons (Fsp3) is 0.167. The van der Waals surface area contributed by atoms with Crippen LogP contribution in [0.4, 0.5) is 0 Å². The first kappa shape index (κ1) is 18.1. The second-order valence-corrected chi connectivity index (χ2v) is 9.75. The summed E-state index contributed by atoms with van der Waals surface area (Å²) in [6.45, 7) is 0.645. The Hall–Kier alpha value is -2.70. The van der Waals surface area contributed by atoms with Crippen LogP contribution in [0.5, 0.6) is 0 Å². The number of benzene rings is 2. The van der Waals surface area contributed by atoms with Gasteiger partial charge in [0.1, 0.15) is 16.4 Å². The Morgan fingerprint density at radius 1 is 1.10 bits per heavy atom. The van der Waals surface area contributed by atoms with E-state index in [4.69, 9.17) is 0 Å². The van der Waals surface area contributed by atoms with Gasteiger partial charge in [-0.05, 0) is 48.1 Å². The number of hydrogen-bond acceptors (Lipinski definition) is 4. The van der Waals surface area contributed by atoms with Crippen molar-refractivity contribution < 1.29 is 5.11 Å². The summed E-state index contributed by atoms with van der Waals surface area (Å²) < 4.78 is 3.06. The van der Waals surface area contributed by atoms with Gasteiger partial charge in [-0.1, -0.05) is 52.3 Å². The van der Waals surface area contributed by atoms with E-state index >= 15 is 0 Å². The predicted octanol–water partition coefficient (Wildman–Crippen LogP) is 5.55. The molecule has 148 valence electrons. The maximum Gasteiger partial charge on any atom is 0.282 e. The number of hydrogen-bond donors (Lipinski definition) is 1. The molecule has 2 aromatic carbocycles. The Bertz CT molecular complexity index is 1430. The molecule has 1 aliphatic heterocycles. The van der Waals surface area contributed by atoms with Crippen LogP contribution < -0.4 is 5.56 Å². The Labute approximate surface area is 185 Å². The van der Waals surface area contributed by atoms with Crippen molar-refractivity contribution >= 4 is 48.8 Å². The van der Waals surface area contributed by atoms with Crippen LogP contribution in [0.2, 0.25) is 0 Å². The van der Waals surface area contributed by atoms with Gasteiger partial charge in [-0.3, -0.25) is 4.79 Å². The normalized spacial score (nSPS) is 16.3. The van der Waals surface area contributed by atoms with E-state index in [0.717, 1.165) is 45.1 Å². The van der Waals surface area contributed by atoms with E-state index in [1.54, 1.807) is 11.3 Å². The van der Waals surface area contributed by atoms with E-state index in [0.29, 0.717) is 23.5 Å². The summed E-state index contributed by atoms with van der Waals surface area (Å²) in [6.07, 6.45) is 3.10. The molecule has 4 aromatic rings. The van der Waals surface area contributed by atoms with Crippen molar-refractivity contribution in [1.29, 1.82) is 0 Å². The second-order valence-electron chi connectivity index (χ2n) is 7.75. The van der Waals surface area contributed by atoms with Gasteiger partial charge in [-0.25, -0.2) is 0 Å². The number of nitrogens with zero attached hydrogens (tertiary/aromatic N) is 2. The molecule has 4 nitrogen and oxygen atoms in total. The van der Waals surface area contributed by atoms with Crippen molar-refractivity contribution in [3.8, 4) is 0 Å². The maximum atomic E-state index is 13.1. The van der Waals surface area contributed by atoms with E-state index in [1.807, 2.05) is 42.5 Å². The van der Waals surface area contributed by atoms with Crippen molar-refractivity contribution in [2.75, 3.05) is 0 Å². The van der Waals surface area contributed by atoms with Gasteiger partial charge < -0.3 is 9.67 Å². The minimum atomic E-state index is -0.184. The first-order chi connectivity index (χ1) is 14.6. The number of aryl methyl sites for hydroxylation is 2. The van der Waals surface area contributed by atoms with Crippen LogP contribution in [0.3, 0.4) is 0 Å². The Balaban J connectivity index is 1.70. The van der Waals surface area contributed by atoms with E-state index in [9.17, 15) is 9.90 Å². The molecule has 0 spiro atoms. The topological polar surface area (TPSA) is 55.1 Å². The molecule has 6 heteroatoms. The van der Waals surface area contributed by atoms with Gasteiger partial charge in [0.2, 0.25) is 0 Å². The average Bonchev–Trinajstić information content (AvgIpc) is 3.34. The van der Waals surface area contributed by atoms with E-state index in [-0.39, 0.29) is 11.3 Å². The van der Waals surface area contributed by atoms with Gasteiger partial charge in [0.05, 0.1) is 17.5 Å². The highest BCUT2D eigenvalue weighted by Crippen LogP contribution is 2.41. The third-order valence-corrected chi connectivity index (χ3v) is 7.86. The number of thiophene rings is 1. The minimum Gasteiger partial charge on any atom is -0.507 e. The fourth-order valence-electron chi connectivity index (χ4n) is 4.63. The zero-order valence-electron chi connectivity index (χ0n) is 16.0. The third kappa shape index (κ3) is 2.57. The summed E-state index contributed by atoms with van der Waals surface area (Å²) in [4.78, 5) is 19.9. The first-order valence-electron chi connectivity index (χ1n) is 9.94. The van der Waals surface area contributed by atoms with Crippen LogP contribution in [0.1, 0.15) is 39.4 Å². The SMILES string of the molecule is O=c1nc2n(c3sc4c(c13)CCC4)Cc1ccccc1/C2=C(\O)c1ccc(Br)cc1. The average molecular weight is 477 g/mol. The quantitative estimate of drug-likeness (QED) is 0.323. The summed E-state index contributed by atoms with van der Waals surface area (Å²) in [7, 11) is 0. The van der Waals surface area contributed by atoms with Crippen LogP contribution in [-0.4, -0.2) is 14.7 Å². The van der Waals surface area contributed by atoms with Gasteiger partial charge in [0, 0.05) is 14.9 Å². The zero-order chi connectivity index (χ0) is 20.4. The molecule has 0 radical (unpaired) electrons. The van der Waals surface area contributed by atoms with Crippen LogP contribution in [-0.2, 0) is 19.4 Å². The monoisotopic (exact) mass is 476 g/mol. The van der Waals surface area contributed by atoms with Crippen LogP contribution in [0, 0.1) is 0 Å². The molecular weight excluding hydrogens is 460 g/mol. The Morgan fingerprint density at radius 3 is 2.73 bits per heavy atom. The summed E-state index contributed by atoms with van der Waals surface area (Å²) in [5.74, 6) is 0.685. The number of fused-ring (bicyclic) bond motifs is 6. The number of halogens is 1. The summed E-state index contributed by atoms with van der Waals surface area (Å²) in [6, 6.07) is 15.6. The van der Waals surface area contributed by atoms with Crippen molar-refractivity contribution in [3.63, 3.8) is 0 Å². The second kappa shape index (κ2) is 6.65. The lowest BCUT2D eigenvalue weighted by Crippen LogP contribution is -2.23. The molecule has 0 fully saturated rings.